The molecule has 0 bridgehead atoms. The van der Waals surface area contributed by atoms with E-state index < -0.39 is 5.82 Å². The average Bonchev–Trinajstić information content (AvgIpc) is 2.62. The Kier molecular flexibility index (Phi) is 5.21. The number of piperidine rings is 1. The highest BCUT2D eigenvalue weighted by Crippen LogP contribution is 2.38. The molecule has 2 N–H and O–H groups in total. The van der Waals surface area contributed by atoms with E-state index in [1.807, 2.05) is 12.1 Å². The van der Waals surface area contributed by atoms with Gasteiger partial charge in [0.2, 0.25) is 0 Å². The highest BCUT2D eigenvalue weighted by molar-refractivity contribution is 9.10. The second-order valence-electron chi connectivity index (χ2n) is 5.98. The summed E-state index contributed by atoms with van der Waals surface area (Å²) >= 11 is 3.49. The van der Waals surface area contributed by atoms with Gasteiger partial charge in [-0.25, -0.2) is 9.37 Å². The number of hydrogen-bond donors (Lipinski definition) is 1. The maximum absolute atomic E-state index is 14.0. The molecule has 2 aromatic rings. The van der Waals surface area contributed by atoms with Gasteiger partial charge in [0, 0.05) is 30.8 Å². The molecule has 1 aromatic carbocycles. The molecule has 0 aliphatic carbocycles. The molecule has 130 valence electrons. The van der Waals surface area contributed by atoms with Crippen LogP contribution in [-0.2, 0) is 0 Å². The van der Waals surface area contributed by atoms with Gasteiger partial charge in [-0.1, -0.05) is 6.07 Å². The zero-order chi connectivity index (χ0) is 18.0. The van der Waals surface area contributed by atoms with Gasteiger partial charge in [0.25, 0.3) is 0 Å². The average molecular weight is 405 g/mol. The summed E-state index contributed by atoms with van der Waals surface area (Å²) in [6.07, 6.45) is 1.81. The second kappa shape index (κ2) is 7.38. The van der Waals surface area contributed by atoms with Crippen LogP contribution < -0.4 is 15.4 Å². The van der Waals surface area contributed by atoms with Gasteiger partial charge in [-0.3, -0.25) is 0 Å². The van der Waals surface area contributed by atoms with Crippen molar-refractivity contribution in [3.63, 3.8) is 0 Å². The van der Waals surface area contributed by atoms with Crippen molar-refractivity contribution in [2.75, 3.05) is 25.1 Å². The van der Waals surface area contributed by atoms with E-state index in [-0.39, 0.29) is 11.6 Å². The van der Waals surface area contributed by atoms with Crippen molar-refractivity contribution in [1.82, 2.24) is 4.98 Å². The van der Waals surface area contributed by atoms with Gasteiger partial charge in [0.15, 0.2) is 0 Å². The Morgan fingerprint density at radius 3 is 2.68 bits per heavy atom. The summed E-state index contributed by atoms with van der Waals surface area (Å²) in [5.41, 5.74) is 7.14. The third-order valence-electron chi connectivity index (χ3n) is 4.36. The van der Waals surface area contributed by atoms with Crippen molar-refractivity contribution in [1.29, 1.82) is 5.26 Å². The minimum absolute atomic E-state index is 0.00742. The molecule has 1 saturated heterocycles. The first-order valence-electron chi connectivity index (χ1n) is 7.98. The van der Waals surface area contributed by atoms with Crippen LogP contribution in [0.5, 0.6) is 5.75 Å². The molecule has 2 heterocycles. The fraction of sp³-hybridized carbons (Fsp3) is 0.333. The Bertz CT molecular complexity index is 829. The molecule has 0 atom stereocenters. The lowest BCUT2D eigenvalue weighted by Crippen LogP contribution is -2.40. The highest BCUT2D eigenvalue weighted by atomic mass is 79.9. The minimum atomic E-state index is -0.568. The van der Waals surface area contributed by atoms with Crippen molar-refractivity contribution < 1.29 is 9.13 Å². The lowest BCUT2D eigenvalue weighted by Gasteiger charge is -2.31. The molecule has 25 heavy (non-hydrogen) atoms. The fourth-order valence-electron chi connectivity index (χ4n) is 2.88. The maximum Gasteiger partial charge on any atom is 0.141 e. The van der Waals surface area contributed by atoms with Gasteiger partial charge >= 0.3 is 0 Å². The number of nitrogens with zero attached hydrogens (tertiary/aromatic N) is 3. The molecular formula is C18H18BrFN4O. The number of aromatic nitrogens is 1. The summed E-state index contributed by atoms with van der Waals surface area (Å²) in [6, 6.07) is 8.38. The van der Waals surface area contributed by atoms with Crippen molar-refractivity contribution in [3.8, 4) is 23.1 Å². The molecule has 0 radical (unpaired) electrons. The first-order chi connectivity index (χ1) is 12.0. The van der Waals surface area contributed by atoms with Crippen LogP contribution in [0.15, 0.2) is 28.7 Å². The SMILES string of the molecule is COc1cc(N2CCC(N)CC2)nc(-c2ccc(C#N)c(F)c2)c1Br. The first kappa shape index (κ1) is 17.6. The van der Waals surface area contributed by atoms with E-state index in [0.29, 0.717) is 21.5 Å². The van der Waals surface area contributed by atoms with Crippen LogP contribution in [0.2, 0.25) is 0 Å². The molecule has 1 aromatic heterocycles. The number of benzene rings is 1. The van der Waals surface area contributed by atoms with Crippen LogP contribution in [0.3, 0.4) is 0 Å². The summed E-state index contributed by atoms with van der Waals surface area (Å²) in [7, 11) is 1.58. The first-order valence-corrected chi connectivity index (χ1v) is 8.78. The molecule has 0 saturated carbocycles. The van der Waals surface area contributed by atoms with Crippen molar-refractivity contribution in [2.45, 2.75) is 18.9 Å². The summed E-state index contributed by atoms with van der Waals surface area (Å²) in [4.78, 5) is 6.86. The summed E-state index contributed by atoms with van der Waals surface area (Å²) in [5, 5.41) is 8.90. The Labute approximate surface area is 154 Å². The number of rotatable bonds is 3. The molecule has 1 fully saturated rings. The van der Waals surface area contributed by atoms with Gasteiger partial charge in [-0.05, 0) is 40.9 Å². The molecule has 1 aliphatic heterocycles. The number of nitriles is 1. The monoisotopic (exact) mass is 404 g/mol. The van der Waals surface area contributed by atoms with Crippen LogP contribution in [0.1, 0.15) is 18.4 Å². The smallest absolute Gasteiger partial charge is 0.141 e. The van der Waals surface area contributed by atoms with Gasteiger partial charge in [0.05, 0.1) is 22.8 Å². The number of methoxy groups -OCH3 is 1. The fourth-order valence-corrected chi connectivity index (χ4v) is 3.47. The van der Waals surface area contributed by atoms with Crippen molar-refractivity contribution in [3.05, 3.63) is 40.1 Å². The number of nitrogens with two attached hydrogens (primary N) is 1. The number of ether oxygens (including phenoxy) is 1. The van der Waals surface area contributed by atoms with Crippen LogP contribution >= 0.6 is 15.9 Å². The Hall–Kier alpha value is -2.17. The van der Waals surface area contributed by atoms with Gasteiger partial charge in [-0.15, -0.1) is 0 Å². The number of pyridine rings is 1. The van der Waals surface area contributed by atoms with Crippen LogP contribution in [-0.4, -0.2) is 31.2 Å². The van der Waals surface area contributed by atoms with E-state index >= 15 is 0 Å². The van der Waals surface area contributed by atoms with Gasteiger partial charge < -0.3 is 15.4 Å². The quantitative estimate of drug-likeness (QED) is 0.847. The standard InChI is InChI=1S/C18H18BrFN4O/c1-25-15-9-16(24-6-4-13(22)5-7-24)23-18(17(15)19)11-2-3-12(10-21)14(20)8-11/h2-3,8-9,13H,4-7,22H2,1H3. The molecule has 0 unspecified atom stereocenters. The second-order valence-corrected chi connectivity index (χ2v) is 6.77. The van der Waals surface area contributed by atoms with Crippen molar-refractivity contribution >= 4 is 21.7 Å². The minimum Gasteiger partial charge on any atom is -0.495 e. The van der Waals surface area contributed by atoms with Gasteiger partial charge in [-0.2, -0.15) is 5.26 Å². The Morgan fingerprint density at radius 2 is 2.08 bits per heavy atom. The molecule has 5 nitrogen and oxygen atoms in total. The molecule has 0 spiro atoms. The predicted molar refractivity (Wildman–Crippen MR) is 98.0 cm³/mol. The molecular weight excluding hydrogens is 387 g/mol. The predicted octanol–water partition coefficient (Wildman–Crippen LogP) is 3.46. The zero-order valence-corrected chi connectivity index (χ0v) is 15.4. The molecule has 3 rings (SSSR count). The highest BCUT2D eigenvalue weighted by Gasteiger charge is 2.21. The van der Waals surface area contributed by atoms with E-state index in [0.717, 1.165) is 31.7 Å². The number of anilines is 1. The summed E-state index contributed by atoms with van der Waals surface area (Å²) < 4.78 is 20.1. The van der Waals surface area contributed by atoms with Crippen LogP contribution in [0.4, 0.5) is 10.2 Å². The summed E-state index contributed by atoms with van der Waals surface area (Å²) in [5.74, 6) is 0.827. The summed E-state index contributed by atoms with van der Waals surface area (Å²) in [6.45, 7) is 1.64. The lowest BCUT2D eigenvalue weighted by atomic mass is 10.1. The molecule has 1 aliphatic rings. The zero-order valence-electron chi connectivity index (χ0n) is 13.8. The third-order valence-corrected chi connectivity index (χ3v) is 5.12. The number of halogens is 2. The lowest BCUT2D eigenvalue weighted by molar-refractivity contribution is 0.411. The Balaban J connectivity index is 2.05. The third kappa shape index (κ3) is 3.60. The van der Waals surface area contributed by atoms with Crippen LogP contribution in [0.25, 0.3) is 11.3 Å². The van der Waals surface area contributed by atoms with E-state index in [2.05, 4.69) is 20.8 Å². The van der Waals surface area contributed by atoms with Gasteiger partial charge in [0.1, 0.15) is 23.5 Å². The van der Waals surface area contributed by atoms with Crippen molar-refractivity contribution in [2.24, 2.45) is 5.73 Å². The number of hydrogen-bond acceptors (Lipinski definition) is 5. The molecule has 7 heteroatoms. The topological polar surface area (TPSA) is 75.2 Å². The Morgan fingerprint density at radius 1 is 1.36 bits per heavy atom. The van der Waals surface area contributed by atoms with E-state index in [1.54, 1.807) is 13.2 Å². The normalized spacial score (nSPS) is 15.1. The maximum atomic E-state index is 14.0. The molecule has 0 amide bonds. The largest absolute Gasteiger partial charge is 0.495 e. The van der Waals surface area contributed by atoms with E-state index in [1.165, 1.54) is 12.1 Å². The van der Waals surface area contributed by atoms with E-state index in [9.17, 15) is 4.39 Å². The van der Waals surface area contributed by atoms with Crippen LogP contribution in [0, 0.1) is 17.1 Å². The van der Waals surface area contributed by atoms with E-state index in [4.69, 9.17) is 20.7 Å².